The first-order valence-electron chi connectivity index (χ1n) is 9.78. The molecule has 0 bridgehead atoms. The molecular formula is C18H34N6OP+. The van der Waals surface area contributed by atoms with Gasteiger partial charge in [-0.25, -0.2) is 0 Å². The Morgan fingerprint density at radius 3 is 1.73 bits per heavy atom. The van der Waals surface area contributed by atoms with E-state index >= 15 is 0 Å². The van der Waals surface area contributed by atoms with E-state index in [0.29, 0.717) is 0 Å². The summed E-state index contributed by atoms with van der Waals surface area (Å²) in [6, 6.07) is 7.95. The maximum absolute atomic E-state index is 6.82. The Bertz CT molecular complexity index is 635. The highest BCUT2D eigenvalue weighted by Crippen LogP contribution is 2.65. The summed E-state index contributed by atoms with van der Waals surface area (Å²) in [6.45, 7) is 18.7. The van der Waals surface area contributed by atoms with Gasteiger partial charge in [0.1, 0.15) is 11.0 Å². The first kappa shape index (κ1) is 21.0. The molecule has 0 saturated heterocycles. The van der Waals surface area contributed by atoms with Gasteiger partial charge in [0.05, 0.1) is 0 Å². The Morgan fingerprint density at radius 1 is 0.808 bits per heavy atom. The van der Waals surface area contributed by atoms with Crippen molar-refractivity contribution in [3.63, 3.8) is 0 Å². The summed E-state index contributed by atoms with van der Waals surface area (Å²) in [7, 11) is -2.26. The third-order valence-electron chi connectivity index (χ3n) is 4.80. The van der Waals surface area contributed by atoms with Crippen molar-refractivity contribution in [1.82, 2.24) is 29.2 Å². The number of hydrogen-bond acceptors (Lipinski definition) is 6. The van der Waals surface area contributed by atoms with E-state index in [1.165, 1.54) is 0 Å². The molecule has 0 aliphatic rings. The summed E-state index contributed by atoms with van der Waals surface area (Å²) in [5.74, 6) is 0. The van der Waals surface area contributed by atoms with E-state index in [9.17, 15) is 0 Å². The molecule has 1 heterocycles. The zero-order valence-corrected chi connectivity index (χ0v) is 18.0. The van der Waals surface area contributed by atoms with Crippen LogP contribution in [-0.2, 0) is 0 Å². The average molecular weight is 381 g/mol. The molecule has 0 fully saturated rings. The molecule has 2 rings (SSSR count). The second kappa shape index (κ2) is 9.60. The number of rotatable bonds is 11. The van der Waals surface area contributed by atoms with Gasteiger partial charge < -0.3 is 0 Å². The molecule has 0 aliphatic carbocycles. The second-order valence-corrected chi connectivity index (χ2v) is 8.85. The van der Waals surface area contributed by atoms with Crippen LogP contribution < -0.4 is 4.62 Å². The van der Waals surface area contributed by atoms with Crippen LogP contribution in [0.25, 0.3) is 11.0 Å². The number of hydrogen-bond donors (Lipinski definition) is 0. The number of para-hydroxylation sites is 1. The van der Waals surface area contributed by atoms with Gasteiger partial charge in [-0.1, -0.05) is 12.1 Å². The third-order valence-corrected chi connectivity index (χ3v) is 9.09. The fourth-order valence-corrected chi connectivity index (χ4v) is 7.40. The first-order chi connectivity index (χ1) is 12.6. The Labute approximate surface area is 158 Å². The van der Waals surface area contributed by atoms with Crippen molar-refractivity contribution in [3.05, 3.63) is 24.3 Å². The monoisotopic (exact) mass is 381 g/mol. The Hall–Kier alpha value is -1.27. The molecule has 0 atom stereocenters. The van der Waals surface area contributed by atoms with Crippen LogP contribution in [0.3, 0.4) is 0 Å². The highest BCUT2D eigenvalue weighted by Gasteiger charge is 2.59. The molecule has 0 radical (unpaired) electrons. The predicted molar refractivity (Wildman–Crippen MR) is 110 cm³/mol. The molecule has 0 spiro atoms. The van der Waals surface area contributed by atoms with Crippen LogP contribution in [-0.4, -0.2) is 68.4 Å². The van der Waals surface area contributed by atoms with Crippen LogP contribution in [0, 0.1) is 0 Å². The molecule has 0 aliphatic heterocycles. The Kier molecular flexibility index (Phi) is 7.77. The van der Waals surface area contributed by atoms with Crippen molar-refractivity contribution in [2.45, 2.75) is 41.5 Å². The lowest BCUT2D eigenvalue weighted by Gasteiger charge is -2.42. The molecule has 0 unspecified atom stereocenters. The lowest BCUT2D eigenvalue weighted by Crippen LogP contribution is -2.49. The van der Waals surface area contributed by atoms with E-state index in [1.807, 2.05) is 24.3 Å². The molecule has 0 saturated carbocycles. The van der Waals surface area contributed by atoms with Gasteiger partial charge in [0, 0.05) is 39.3 Å². The van der Waals surface area contributed by atoms with E-state index in [-0.39, 0.29) is 0 Å². The van der Waals surface area contributed by atoms with Crippen molar-refractivity contribution >= 4 is 19.0 Å². The van der Waals surface area contributed by atoms with Crippen LogP contribution >= 0.6 is 7.94 Å². The van der Waals surface area contributed by atoms with Crippen molar-refractivity contribution in [3.8, 4) is 0 Å². The van der Waals surface area contributed by atoms with Crippen molar-refractivity contribution in [1.29, 1.82) is 0 Å². The molecule has 1 aromatic heterocycles. The highest BCUT2D eigenvalue weighted by molar-refractivity contribution is 7.64. The SMILES string of the molecule is CCN(CC)[P+](On1nnc2ccccc21)(N(CC)CC)N(CC)CC. The Morgan fingerprint density at radius 2 is 1.27 bits per heavy atom. The topological polar surface area (TPSA) is 49.7 Å². The minimum Gasteiger partial charge on any atom is -0.183 e. The smallest absolute Gasteiger partial charge is 0.183 e. The second-order valence-electron chi connectivity index (χ2n) is 5.96. The molecule has 7 nitrogen and oxygen atoms in total. The fraction of sp³-hybridized carbons (Fsp3) is 0.667. The average Bonchev–Trinajstić information content (AvgIpc) is 3.07. The van der Waals surface area contributed by atoms with Gasteiger partial charge in [-0.3, -0.25) is 0 Å². The van der Waals surface area contributed by atoms with E-state index < -0.39 is 7.94 Å². The van der Waals surface area contributed by atoms with Crippen LogP contribution in [0.5, 0.6) is 0 Å². The highest BCUT2D eigenvalue weighted by atomic mass is 31.2. The Balaban J connectivity index is 2.63. The van der Waals surface area contributed by atoms with Crippen LogP contribution in [0.2, 0.25) is 0 Å². The molecule has 2 aromatic rings. The third kappa shape index (κ3) is 3.72. The fourth-order valence-electron chi connectivity index (χ4n) is 3.48. The van der Waals surface area contributed by atoms with Crippen LogP contribution in [0.15, 0.2) is 24.3 Å². The molecule has 0 N–H and O–H groups in total. The van der Waals surface area contributed by atoms with Gasteiger partial charge in [0.15, 0.2) is 0 Å². The maximum Gasteiger partial charge on any atom is 0.451 e. The number of aromatic nitrogens is 3. The van der Waals surface area contributed by atoms with Crippen LogP contribution in [0.1, 0.15) is 41.5 Å². The zero-order chi connectivity index (χ0) is 19.2. The largest absolute Gasteiger partial charge is 0.451 e. The van der Waals surface area contributed by atoms with Crippen LogP contribution in [0.4, 0.5) is 0 Å². The number of benzene rings is 1. The predicted octanol–water partition coefficient (Wildman–Crippen LogP) is 3.56. The summed E-state index contributed by atoms with van der Waals surface area (Å²) < 4.78 is 14.2. The molecular weight excluding hydrogens is 347 g/mol. The maximum atomic E-state index is 6.82. The van der Waals surface area contributed by atoms with Gasteiger partial charge in [0.2, 0.25) is 0 Å². The number of nitrogens with zero attached hydrogens (tertiary/aromatic N) is 6. The van der Waals surface area contributed by atoms with Gasteiger partial charge >= 0.3 is 7.94 Å². The standard InChI is InChI=1S/C18H34N6OP/c1-7-21(8-2)26(22(9-3)10-4,23(11-5)12-6)25-24-18-16-14-13-15-17(18)19-20-24/h13-16H,7-12H2,1-6H3/q+1. The summed E-state index contributed by atoms with van der Waals surface area (Å²) in [6.07, 6.45) is 0. The van der Waals surface area contributed by atoms with Gasteiger partial charge in [0.25, 0.3) is 0 Å². The number of fused-ring (bicyclic) bond motifs is 1. The summed E-state index contributed by atoms with van der Waals surface area (Å²) in [4.78, 5) is 1.64. The zero-order valence-electron chi connectivity index (χ0n) is 17.1. The normalized spacial score (nSPS) is 12.7. The lowest BCUT2D eigenvalue weighted by molar-refractivity contribution is 0.158. The quantitative estimate of drug-likeness (QED) is 0.555. The minimum atomic E-state index is -2.26. The van der Waals surface area contributed by atoms with Gasteiger partial charge in [-0.15, -0.1) is 19.1 Å². The summed E-state index contributed by atoms with van der Waals surface area (Å²) in [5, 5.41) is 8.61. The van der Waals surface area contributed by atoms with E-state index in [2.05, 4.69) is 65.9 Å². The molecule has 146 valence electrons. The first-order valence-corrected chi connectivity index (χ1v) is 11.3. The summed E-state index contributed by atoms with van der Waals surface area (Å²) in [5.41, 5.74) is 1.76. The lowest BCUT2D eigenvalue weighted by atomic mass is 10.3. The molecule has 8 heteroatoms. The molecule has 26 heavy (non-hydrogen) atoms. The molecule has 0 amide bonds. The van der Waals surface area contributed by atoms with Gasteiger partial charge in [-0.05, 0) is 63.7 Å². The van der Waals surface area contributed by atoms with E-state index in [0.717, 1.165) is 50.3 Å². The molecule has 1 aromatic carbocycles. The van der Waals surface area contributed by atoms with Crippen molar-refractivity contribution in [2.24, 2.45) is 0 Å². The van der Waals surface area contributed by atoms with E-state index in [1.54, 1.807) is 4.85 Å². The minimum absolute atomic E-state index is 0.851. The van der Waals surface area contributed by atoms with Gasteiger partial charge in [-0.2, -0.15) is 4.62 Å². The van der Waals surface area contributed by atoms with Crippen molar-refractivity contribution < 1.29 is 4.62 Å². The summed E-state index contributed by atoms with van der Waals surface area (Å²) >= 11 is 0. The van der Waals surface area contributed by atoms with Crippen molar-refractivity contribution in [2.75, 3.05) is 39.3 Å². The van der Waals surface area contributed by atoms with E-state index in [4.69, 9.17) is 4.62 Å².